The van der Waals surface area contributed by atoms with Crippen molar-refractivity contribution in [3.05, 3.63) is 71.3 Å². The van der Waals surface area contributed by atoms with Crippen LogP contribution in [0, 0.1) is 11.6 Å². The van der Waals surface area contributed by atoms with Crippen LogP contribution in [-0.2, 0) is 14.9 Å². The smallest absolute Gasteiger partial charge is 0.360 e. The molecule has 1 aromatic carbocycles. The number of oxazole rings is 1. The van der Waals surface area contributed by atoms with Crippen molar-refractivity contribution in [2.75, 3.05) is 31.2 Å². The lowest BCUT2D eigenvalue weighted by atomic mass is 9.75. The van der Waals surface area contributed by atoms with Crippen molar-refractivity contribution >= 4 is 12.0 Å². The fourth-order valence-electron chi connectivity index (χ4n) is 5.86. The molecule has 3 heterocycles. The number of ether oxygens (including phenoxy) is 2. The zero-order valence-corrected chi connectivity index (χ0v) is 19.7. The molecule has 3 aliphatic rings. The molecule has 1 saturated heterocycles. The van der Waals surface area contributed by atoms with Crippen molar-refractivity contribution < 1.29 is 27.5 Å². The number of carbonyl (C=O) groups is 1. The van der Waals surface area contributed by atoms with Crippen molar-refractivity contribution in [3.63, 3.8) is 0 Å². The maximum absolute atomic E-state index is 14.4. The molecule has 1 saturated carbocycles. The Morgan fingerprint density at radius 2 is 2.11 bits per heavy atom. The Hall–Kier alpha value is -3.66. The molecule has 0 radical (unpaired) electrons. The SMILES string of the molecule is C=C1[C@H]2CC[C@]1(C1CN(c3nc(C(=O)OCC)co3)CCO1)c1nnc(-c3c(F)cccc3F)cc12. The van der Waals surface area contributed by atoms with Gasteiger partial charge < -0.3 is 18.8 Å². The predicted molar refractivity (Wildman–Crippen MR) is 125 cm³/mol. The number of benzene rings is 1. The summed E-state index contributed by atoms with van der Waals surface area (Å²) in [5, 5.41) is 8.73. The quantitative estimate of drug-likeness (QED) is 0.386. The Balaban J connectivity index is 1.32. The molecule has 8 nitrogen and oxygen atoms in total. The first kappa shape index (κ1) is 22.8. The topological polar surface area (TPSA) is 90.6 Å². The molecule has 3 atom stereocenters. The third-order valence-corrected chi connectivity index (χ3v) is 7.52. The van der Waals surface area contributed by atoms with Crippen LogP contribution in [0.1, 0.15) is 47.4 Å². The molecule has 2 bridgehead atoms. The van der Waals surface area contributed by atoms with Gasteiger partial charge >= 0.3 is 5.97 Å². The Kier molecular flexibility index (Phi) is 5.36. The van der Waals surface area contributed by atoms with Crippen LogP contribution in [-0.4, -0.2) is 53.6 Å². The van der Waals surface area contributed by atoms with Gasteiger partial charge in [-0.15, -0.1) is 5.10 Å². The van der Waals surface area contributed by atoms with Crippen molar-refractivity contribution in [1.29, 1.82) is 0 Å². The van der Waals surface area contributed by atoms with Crippen LogP contribution in [0.5, 0.6) is 0 Å². The number of nitrogens with zero attached hydrogens (tertiary/aromatic N) is 4. The van der Waals surface area contributed by atoms with E-state index in [-0.39, 0.29) is 35.6 Å². The minimum Gasteiger partial charge on any atom is -0.461 e. The number of halogens is 2. The van der Waals surface area contributed by atoms with Crippen LogP contribution < -0.4 is 4.90 Å². The van der Waals surface area contributed by atoms with Crippen molar-refractivity contribution in [2.45, 2.75) is 37.2 Å². The van der Waals surface area contributed by atoms with Gasteiger partial charge in [0.05, 0.1) is 41.7 Å². The standard InChI is InChI=1S/C26H24F2N4O4/c1-3-34-24(33)20-13-36-25(29-20)32-9-10-35-21(12-32)26-8-7-15(14(26)2)16-11-19(30-31-23(16)26)22-17(27)5-4-6-18(22)28/h4-6,11,13,15,21H,2-3,7-10,12H2,1H3/t15-,21?,26+/m1/s1. The van der Waals surface area contributed by atoms with Crippen LogP contribution in [0.4, 0.5) is 14.8 Å². The van der Waals surface area contributed by atoms with Gasteiger partial charge in [0.25, 0.3) is 6.01 Å². The fourth-order valence-corrected chi connectivity index (χ4v) is 5.86. The Morgan fingerprint density at radius 3 is 2.89 bits per heavy atom. The van der Waals surface area contributed by atoms with Crippen LogP contribution in [0.3, 0.4) is 0 Å². The van der Waals surface area contributed by atoms with E-state index in [4.69, 9.17) is 13.9 Å². The molecule has 0 N–H and O–H groups in total. The highest BCUT2D eigenvalue weighted by Gasteiger charge is 2.59. The minimum absolute atomic E-state index is 0.0141. The van der Waals surface area contributed by atoms with Gasteiger partial charge in [0.2, 0.25) is 0 Å². The highest BCUT2D eigenvalue weighted by Crippen LogP contribution is 2.62. The third-order valence-electron chi connectivity index (χ3n) is 7.52. The first-order valence-corrected chi connectivity index (χ1v) is 11.9. The average Bonchev–Trinajstić information content (AvgIpc) is 3.56. The summed E-state index contributed by atoms with van der Waals surface area (Å²) in [6.45, 7) is 7.78. The van der Waals surface area contributed by atoms with E-state index in [0.29, 0.717) is 25.7 Å². The Bertz CT molecular complexity index is 1360. The fraction of sp³-hybridized carbons (Fsp3) is 0.385. The van der Waals surface area contributed by atoms with Gasteiger partial charge in [0.1, 0.15) is 17.9 Å². The van der Waals surface area contributed by atoms with Gasteiger partial charge in [-0.2, -0.15) is 10.1 Å². The van der Waals surface area contributed by atoms with E-state index in [1.807, 2.05) is 4.90 Å². The number of anilines is 1. The lowest BCUT2D eigenvalue weighted by Gasteiger charge is -2.42. The maximum Gasteiger partial charge on any atom is 0.360 e. The molecule has 36 heavy (non-hydrogen) atoms. The average molecular weight is 494 g/mol. The van der Waals surface area contributed by atoms with Gasteiger partial charge in [0.15, 0.2) is 5.69 Å². The number of carbonyl (C=O) groups excluding carboxylic acids is 1. The minimum atomic E-state index is -0.680. The zero-order valence-electron chi connectivity index (χ0n) is 19.7. The molecular formula is C26H24F2N4O4. The maximum atomic E-state index is 14.4. The summed E-state index contributed by atoms with van der Waals surface area (Å²) in [5.74, 6) is -1.88. The summed E-state index contributed by atoms with van der Waals surface area (Å²) >= 11 is 0. The molecule has 2 fully saturated rings. The van der Waals surface area contributed by atoms with E-state index < -0.39 is 23.0 Å². The normalized spacial score (nSPS) is 24.8. The highest BCUT2D eigenvalue weighted by molar-refractivity contribution is 5.87. The van der Waals surface area contributed by atoms with Gasteiger partial charge in [-0.3, -0.25) is 0 Å². The van der Waals surface area contributed by atoms with Gasteiger partial charge in [-0.1, -0.05) is 18.2 Å². The van der Waals surface area contributed by atoms with Gasteiger partial charge in [0, 0.05) is 19.0 Å². The summed E-state index contributed by atoms with van der Waals surface area (Å²) in [6, 6.07) is 5.79. The summed E-state index contributed by atoms with van der Waals surface area (Å²) < 4.78 is 45.7. The molecule has 10 heteroatoms. The van der Waals surface area contributed by atoms with E-state index in [1.54, 1.807) is 13.0 Å². The van der Waals surface area contributed by atoms with E-state index in [9.17, 15) is 13.6 Å². The van der Waals surface area contributed by atoms with Crippen molar-refractivity contribution in [3.8, 4) is 11.3 Å². The molecule has 6 rings (SSSR count). The zero-order chi connectivity index (χ0) is 25.0. The van der Waals surface area contributed by atoms with E-state index >= 15 is 0 Å². The summed E-state index contributed by atoms with van der Waals surface area (Å²) in [5.41, 5.74) is 2.13. The number of rotatable bonds is 5. The van der Waals surface area contributed by atoms with Gasteiger partial charge in [-0.05, 0) is 43.5 Å². The van der Waals surface area contributed by atoms with E-state index in [1.165, 1.54) is 24.5 Å². The molecule has 1 aliphatic heterocycles. The second-order valence-corrected chi connectivity index (χ2v) is 9.26. The second kappa shape index (κ2) is 8.48. The first-order valence-electron chi connectivity index (χ1n) is 11.9. The number of morpholine rings is 1. The lowest BCUT2D eigenvalue weighted by Crippen LogP contribution is -2.52. The number of hydrogen-bond donors (Lipinski definition) is 0. The number of aromatic nitrogens is 3. The molecule has 2 aromatic heterocycles. The first-order chi connectivity index (χ1) is 17.4. The largest absolute Gasteiger partial charge is 0.461 e. The third kappa shape index (κ3) is 3.27. The monoisotopic (exact) mass is 494 g/mol. The molecule has 1 unspecified atom stereocenters. The van der Waals surface area contributed by atoms with Crippen LogP contribution >= 0.6 is 0 Å². The molecular weight excluding hydrogens is 470 g/mol. The number of hydrogen-bond acceptors (Lipinski definition) is 8. The summed E-state index contributed by atoms with van der Waals surface area (Å²) in [6.07, 6.45) is 2.60. The Labute approximate surface area is 205 Å². The predicted octanol–water partition coefficient (Wildman–Crippen LogP) is 4.18. The summed E-state index contributed by atoms with van der Waals surface area (Å²) in [4.78, 5) is 18.2. The van der Waals surface area contributed by atoms with Crippen molar-refractivity contribution in [1.82, 2.24) is 15.2 Å². The highest BCUT2D eigenvalue weighted by atomic mass is 19.1. The number of fused-ring (bicyclic) bond motifs is 5. The van der Waals surface area contributed by atoms with E-state index in [2.05, 4.69) is 21.8 Å². The van der Waals surface area contributed by atoms with Crippen LogP contribution in [0.25, 0.3) is 11.3 Å². The lowest BCUT2D eigenvalue weighted by molar-refractivity contribution is -0.00374. The molecule has 3 aromatic rings. The van der Waals surface area contributed by atoms with Gasteiger partial charge in [-0.25, -0.2) is 13.6 Å². The molecule has 0 amide bonds. The molecule has 2 aliphatic carbocycles. The van der Waals surface area contributed by atoms with Crippen molar-refractivity contribution in [2.24, 2.45) is 0 Å². The second-order valence-electron chi connectivity index (χ2n) is 9.26. The van der Waals surface area contributed by atoms with E-state index in [0.717, 1.165) is 29.7 Å². The van der Waals surface area contributed by atoms with Crippen LogP contribution in [0.2, 0.25) is 0 Å². The Morgan fingerprint density at radius 1 is 1.31 bits per heavy atom. The summed E-state index contributed by atoms with van der Waals surface area (Å²) in [7, 11) is 0. The molecule has 186 valence electrons. The molecule has 0 spiro atoms. The number of esters is 1. The van der Waals surface area contributed by atoms with Crippen LogP contribution in [0.15, 0.2) is 47.1 Å².